The van der Waals surface area contributed by atoms with E-state index in [4.69, 9.17) is 4.74 Å². The number of halogens is 3. The van der Waals surface area contributed by atoms with Crippen molar-refractivity contribution < 1.29 is 22.7 Å². The number of hydrogen-bond donors (Lipinski definition) is 1. The van der Waals surface area contributed by atoms with E-state index in [-0.39, 0.29) is 18.2 Å². The first-order valence-electron chi connectivity index (χ1n) is 7.12. The summed E-state index contributed by atoms with van der Waals surface area (Å²) < 4.78 is 44.4. The average Bonchev–Trinajstić information content (AvgIpc) is 2.49. The summed E-state index contributed by atoms with van der Waals surface area (Å²) in [6.45, 7) is 0.596. The molecule has 6 heteroatoms. The molecule has 1 N–H and O–H groups in total. The minimum absolute atomic E-state index is 0.233. The molecule has 116 valence electrons. The number of nitrogens with one attached hydrogen (secondary N) is 1. The fourth-order valence-corrected chi connectivity index (χ4v) is 2.41. The molecule has 0 aromatic heterocycles. The van der Waals surface area contributed by atoms with Crippen molar-refractivity contribution in [2.75, 3.05) is 13.2 Å². The maximum absolute atomic E-state index is 13.0. The Morgan fingerprint density at radius 3 is 2.38 bits per heavy atom. The number of ether oxygens (including phenoxy) is 1. The Hall–Kier alpha value is -1.56. The first kappa shape index (κ1) is 15.8. The van der Waals surface area contributed by atoms with Crippen LogP contribution in [0.15, 0.2) is 12.1 Å². The van der Waals surface area contributed by atoms with Crippen LogP contribution in [0.2, 0.25) is 0 Å². The van der Waals surface area contributed by atoms with Gasteiger partial charge in [0.25, 0.3) is 5.91 Å². The zero-order valence-corrected chi connectivity index (χ0v) is 11.6. The fraction of sp³-hybridized carbons (Fsp3) is 0.533. The molecule has 0 spiro atoms. The van der Waals surface area contributed by atoms with Gasteiger partial charge in [-0.1, -0.05) is 19.3 Å². The van der Waals surface area contributed by atoms with Gasteiger partial charge >= 0.3 is 0 Å². The van der Waals surface area contributed by atoms with Crippen molar-refractivity contribution in [1.29, 1.82) is 0 Å². The summed E-state index contributed by atoms with van der Waals surface area (Å²) >= 11 is 0. The van der Waals surface area contributed by atoms with Gasteiger partial charge in [0.1, 0.15) is 0 Å². The Bertz CT molecular complexity index is 479. The van der Waals surface area contributed by atoms with Crippen LogP contribution in [0, 0.1) is 17.5 Å². The predicted octanol–water partition coefficient (Wildman–Crippen LogP) is 3.18. The Kier molecular flexibility index (Phi) is 5.61. The zero-order valence-electron chi connectivity index (χ0n) is 11.6. The summed E-state index contributed by atoms with van der Waals surface area (Å²) in [5, 5.41) is 2.49. The van der Waals surface area contributed by atoms with Gasteiger partial charge in [0, 0.05) is 12.1 Å². The number of hydrogen-bond acceptors (Lipinski definition) is 2. The maximum Gasteiger partial charge on any atom is 0.251 e. The number of rotatable bonds is 5. The van der Waals surface area contributed by atoms with E-state index >= 15 is 0 Å². The molecule has 1 saturated carbocycles. The first-order valence-corrected chi connectivity index (χ1v) is 7.12. The predicted molar refractivity (Wildman–Crippen MR) is 71.5 cm³/mol. The molecule has 0 heterocycles. The van der Waals surface area contributed by atoms with Gasteiger partial charge in [-0.25, -0.2) is 13.2 Å². The van der Waals surface area contributed by atoms with E-state index in [1.807, 2.05) is 0 Å². The van der Waals surface area contributed by atoms with E-state index in [1.54, 1.807) is 0 Å². The monoisotopic (exact) mass is 301 g/mol. The quantitative estimate of drug-likeness (QED) is 0.670. The summed E-state index contributed by atoms with van der Waals surface area (Å²) in [6, 6.07) is 1.35. The van der Waals surface area contributed by atoms with Crippen LogP contribution in [0.4, 0.5) is 13.2 Å². The van der Waals surface area contributed by atoms with Crippen molar-refractivity contribution in [3.8, 4) is 0 Å². The van der Waals surface area contributed by atoms with Crippen LogP contribution in [0.1, 0.15) is 42.5 Å². The molecule has 0 bridgehead atoms. The van der Waals surface area contributed by atoms with Crippen molar-refractivity contribution in [2.24, 2.45) is 0 Å². The van der Waals surface area contributed by atoms with Gasteiger partial charge in [-0.2, -0.15) is 0 Å². The van der Waals surface area contributed by atoms with Crippen LogP contribution in [0.5, 0.6) is 0 Å². The fourth-order valence-electron chi connectivity index (χ4n) is 2.41. The van der Waals surface area contributed by atoms with Gasteiger partial charge in [0.05, 0.1) is 12.7 Å². The molecule has 2 rings (SSSR count). The lowest BCUT2D eigenvalue weighted by Gasteiger charge is -2.22. The highest BCUT2D eigenvalue weighted by Gasteiger charge is 2.16. The van der Waals surface area contributed by atoms with E-state index in [2.05, 4.69) is 5.32 Å². The largest absolute Gasteiger partial charge is 0.376 e. The van der Waals surface area contributed by atoms with Crippen molar-refractivity contribution >= 4 is 5.91 Å². The number of carbonyl (C=O) groups is 1. The molecule has 1 amide bonds. The molecular formula is C15H18F3NO2. The minimum atomic E-state index is -1.58. The number of amides is 1. The van der Waals surface area contributed by atoms with Crippen LogP contribution in [0.25, 0.3) is 0 Å². The lowest BCUT2D eigenvalue weighted by Crippen LogP contribution is -2.29. The van der Waals surface area contributed by atoms with Gasteiger partial charge in [0.15, 0.2) is 17.5 Å². The summed E-state index contributed by atoms with van der Waals surface area (Å²) in [5.41, 5.74) is -0.246. The maximum atomic E-state index is 13.0. The molecule has 21 heavy (non-hydrogen) atoms. The lowest BCUT2D eigenvalue weighted by molar-refractivity contribution is 0.0299. The summed E-state index contributed by atoms with van der Waals surface area (Å²) in [5.74, 6) is -4.98. The van der Waals surface area contributed by atoms with Crippen molar-refractivity contribution in [1.82, 2.24) is 5.32 Å². The smallest absolute Gasteiger partial charge is 0.251 e. The zero-order chi connectivity index (χ0) is 15.2. The van der Waals surface area contributed by atoms with Crippen LogP contribution >= 0.6 is 0 Å². The summed E-state index contributed by atoms with van der Waals surface area (Å²) in [7, 11) is 0. The topological polar surface area (TPSA) is 38.3 Å². The normalized spacial score (nSPS) is 16.0. The van der Waals surface area contributed by atoms with Crippen molar-refractivity contribution in [2.45, 2.75) is 38.2 Å². The van der Waals surface area contributed by atoms with Crippen LogP contribution in [-0.2, 0) is 4.74 Å². The third kappa shape index (κ3) is 4.46. The SMILES string of the molecule is O=C(NCCOC1CCCCC1)c1cc(F)c(F)c(F)c1. The van der Waals surface area contributed by atoms with E-state index in [1.165, 1.54) is 6.42 Å². The molecule has 3 nitrogen and oxygen atoms in total. The van der Waals surface area contributed by atoms with Gasteiger partial charge in [-0.15, -0.1) is 0 Å². The molecule has 1 aliphatic rings. The second-order valence-electron chi connectivity index (χ2n) is 5.14. The van der Waals surface area contributed by atoms with Gasteiger partial charge in [-0.05, 0) is 25.0 Å². The molecular weight excluding hydrogens is 283 g/mol. The molecule has 0 saturated heterocycles. The highest BCUT2D eigenvalue weighted by atomic mass is 19.2. The Balaban J connectivity index is 1.76. The molecule has 0 atom stereocenters. The van der Waals surface area contributed by atoms with Gasteiger partial charge in [-0.3, -0.25) is 4.79 Å². The Morgan fingerprint density at radius 2 is 1.76 bits per heavy atom. The second-order valence-corrected chi connectivity index (χ2v) is 5.14. The highest BCUT2D eigenvalue weighted by Crippen LogP contribution is 2.19. The van der Waals surface area contributed by atoms with E-state index in [0.717, 1.165) is 25.7 Å². The Morgan fingerprint density at radius 1 is 1.14 bits per heavy atom. The third-order valence-electron chi connectivity index (χ3n) is 3.54. The van der Waals surface area contributed by atoms with Crippen LogP contribution in [0.3, 0.4) is 0 Å². The molecule has 1 aromatic rings. The van der Waals surface area contributed by atoms with Crippen molar-refractivity contribution in [3.63, 3.8) is 0 Å². The average molecular weight is 301 g/mol. The van der Waals surface area contributed by atoms with E-state index < -0.39 is 23.4 Å². The molecule has 1 aromatic carbocycles. The lowest BCUT2D eigenvalue weighted by atomic mass is 9.98. The van der Waals surface area contributed by atoms with Crippen LogP contribution < -0.4 is 5.32 Å². The highest BCUT2D eigenvalue weighted by molar-refractivity contribution is 5.94. The number of benzene rings is 1. The summed E-state index contributed by atoms with van der Waals surface area (Å²) in [6.07, 6.45) is 5.84. The van der Waals surface area contributed by atoms with Crippen LogP contribution in [-0.4, -0.2) is 25.2 Å². The molecule has 0 unspecified atom stereocenters. The number of carbonyl (C=O) groups excluding carboxylic acids is 1. The molecule has 0 radical (unpaired) electrons. The first-order chi connectivity index (χ1) is 10.1. The molecule has 0 aliphatic heterocycles. The Labute approximate surface area is 121 Å². The molecule has 1 aliphatic carbocycles. The van der Waals surface area contributed by atoms with E-state index in [9.17, 15) is 18.0 Å². The van der Waals surface area contributed by atoms with E-state index in [0.29, 0.717) is 18.7 Å². The van der Waals surface area contributed by atoms with Gasteiger partial charge < -0.3 is 10.1 Å². The minimum Gasteiger partial charge on any atom is -0.376 e. The van der Waals surface area contributed by atoms with Crippen molar-refractivity contribution in [3.05, 3.63) is 35.1 Å². The molecule has 1 fully saturated rings. The third-order valence-corrected chi connectivity index (χ3v) is 3.54. The standard InChI is InChI=1S/C15H18F3NO2/c16-12-8-10(9-13(17)14(12)18)15(20)19-6-7-21-11-4-2-1-3-5-11/h8-9,11H,1-7H2,(H,19,20). The summed E-state index contributed by atoms with van der Waals surface area (Å²) in [4.78, 5) is 11.7. The second kappa shape index (κ2) is 7.45. The van der Waals surface area contributed by atoms with Gasteiger partial charge in [0.2, 0.25) is 0 Å².